The van der Waals surface area contributed by atoms with Gasteiger partial charge in [-0.15, -0.1) is 0 Å². The molecule has 0 spiro atoms. The normalized spacial score (nSPS) is 10.5. The third kappa shape index (κ3) is 2.81. The van der Waals surface area contributed by atoms with Crippen LogP contribution in [0.4, 0.5) is 10.2 Å². The third-order valence-electron chi connectivity index (χ3n) is 2.53. The van der Waals surface area contributed by atoms with Crippen molar-refractivity contribution in [1.29, 1.82) is 0 Å². The second kappa shape index (κ2) is 5.43. The average molecular weight is 234 g/mol. The maximum atomic E-state index is 13.7. The average Bonchev–Trinajstić information content (AvgIpc) is 2.84. The number of hydrogen-bond donors (Lipinski definition) is 1. The first-order valence-electron chi connectivity index (χ1n) is 5.65. The molecule has 0 aliphatic carbocycles. The molecule has 0 saturated carbocycles. The van der Waals surface area contributed by atoms with Gasteiger partial charge in [-0.05, 0) is 18.6 Å². The van der Waals surface area contributed by atoms with Gasteiger partial charge in [0.15, 0.2) is 11.6 Å². The molecule has 1 N–H and O–H groups in total. The van der Waals surface area contributed by atoms with Crippen molar-refractivity contribution in [3.8, 4) is 0 Å². The molecule has 0 aromatic carbocycles. The minimum atomic E-state index is -0.345. The quantitative estimate of drug-likeness (QED) is 0.861. The maximum Gasteiger partial charge on any atom is 0.186 e. The number of nitrogens with zero attached hydrogens (tertiary/aromatic N) is 3. The SMILES string of the molecule is CCc1ncnc(NCCn2cccc2)c1F. The molecule has 2 heterocycles. The molecule has 0 fully saturated rings. The molecule has 0 atom stereocenters. The first kappa shape index (κ1) is 11.6. The molecule has 0 amide bonds. The van der Waals surface area contributed by atoms with Crippen molar-refractivity contribution in [2.24, 2.45) is 0 Å². The van der Waals surface area contributed by atoms with E-state index in [0.29, 0.717) is 18.7 Å². The molecule has 0 aliphatic rings. The van der Waals surface area contributed by atoms with Gasteiger partial charge in [-0.3, -0.25) is 0 Å². The van der Waals surface area contributed by atoms with Crippen LogP contribution in [0.1, 0.15) is 12.6 Å². The van der Waals surface area contributed by atoms with Crippen LogP contribution in [0.15, 0.2) is 30.9 Å². The van der Waals surface area contributed by atoms with E-state index in [9.17, 15) is 4.39 Å². The first-order chi connectivity index (χ1) is 8.31. The summed E-state index contributed by atoms with van der Waals surface area (Å²) in [5.74, 6) is -0.0634. The van der Waals surface area contributed by atoms with Gasteiger partial charge in [0.25, 0.3) is 0 Å². The first-order valence-corrected chi connectivity index (χ1v) is 5.65. The van der Waals surface area contributed by atoms with Gasteiger partial charge < -0.3 is 9.88 Å². The van der Waals surface area contributed by atoms with Crippen LogP contribution in [0, 0.1) is 5.82 Å². The van der Waals surface area contributed by atoms with Gasteiger partial charge >= 0.3 is 0 Å². The van der Waals surface area contributed by atoms with E-state index in [1.165, 1.54) is 6.33 Å². The lowest BCUT2D eigenvalue weighted by Gasteiger charge is -2.08. The van der Waals surface area contributed by atoms with Crippen LogP contribution in [-0.4, -0.2) is 21.1 Å². The van der Waals surface area contributed by atoms with E-state index < -0.39 is 0 Å². The summed E-state index contributed by atoms with van der Waals surface area (Å²) < 4.78 is 15.8. The van der Waals surface area contributed by atoms with Crippen LogP contribution < -0.4 is 5.32 Å². The molecule has 2 aromatic heterocycles. The topological polar surface area (TPSA) is 42.7 Å². The van der Waals surface area contributed by atoms with Crippen LogP contribution in [-0.2, 0) is 13.0 Å². The molecule has 0 radical (unpaired) electrons. The van der Waals surface area contributed by atoms with Crippen molar-refractivity contribution in [3.05, 3.63) is 42.4 Å². The van der Waals surface area contributed by atoms with Crippen molar-refractivity contribution in [3.63, 3.8) is 0 Å². The summed E-state index contributed by atoms with van der Waals surface area (Å²) in [7, 11) is 0. The van der Waals surface area contributed by atoms with Gasteiger partial charge in [0, 0.05) is 25.5 Å². The van der Waals surface area contributed by atoms with E-state index >= 15 is 0 Å². The summed E-state index contributed by atoms with van der Waals surface area (Å²) in [6.45, 7) is 3.28. The maximum absolute atomic E-state index is 13.7. The minimum Gasteiger partial charge on any atom is -0.366 e. The van der Waals surface area contributed by atoms with Gasteiger partial charge in [0.05, 0.1) is 5.69 Å². The van der Waals surface area contributed by atoms with Crippen molar-refractivity contribution >= 4 is 5.82 Å². The van der Waals surface area contributed by atoms with Crippen LogP contribution in [0.3, 0.4) is 0 Å². The summed E-state index contributed by atoms with van der Waals surface area (Å²) in [5, 5.41) is 2.98. The molecule has 0 aliphatic heterocycles. The number of aromatic nitrogens is 3. The Morgan fingerprint density at radius 1 is 1.29 bits per heavy atom. The Bertz CT molecular complexity index is 467. The fraction of sp³-hybridized carbons (Fsp3) is 0.333. The molecule has 0 unspecified atom stereocenters. The van der Waals surface area contributed by atoms with Gasteiger partial charge in [-0.25, -0.2) is 14.4 Å². The van der Waals surface area contributed by atoms with Crippen LogP contribution >= 0.6 is 0 Å². The van der Waals surface area contributed by atoms with E-state index in [1.54, 1.807) is 0 Å². The Morgan fingerprint density at radius 2 is 2.06 bits per heavy atom. The highest BCUT2D eigenvalue weighted by molar-refractivity contribution is 5.37. The lowest BCUT2D eigenvalue weighted by Crippen LogP contribution is -2.12. The highest BCUT2D eigenvalue weighted by Gasteiger charge is 2.08. The fourth-order valence-corrected chi connectivity index (χ4v) is 1.60. The number of rotatable bonds is 5. The zero-order chi connectivity index (χ0) is 12.1. The third-order valence-corrected chi connectivity index (χ3v) is 2.53. The van der Waals surface area contributed by atoms with Gasteiger partial charge in [-0.1, -0.05) is 6.92 Å². The van der Waals surface area contributed by atoms with E-state index in [2.05, 4.69) is 15.3 Å². The molecule has 90 valence electrons. The Labute approximate surface area is 99.5 Å². The highest BCUT2D eigenvalue weighted by Crippen LogP contribution is 2.12. The standard InChI is InChI=1S/C12H15FN4/c1-2-10-11(13)12(16-9-15-10)14-5-8-17-6-3-4-7-17/h3-4,6-7,9H,2,5,8H2,1H3,(H,14,15,16). The van der Waals surface area contributed by atoms with Crippen LogP contribution in [0.5, 0.6) is 0 Å². The number of nitrogens with one attached hydrogen (secondary N) is 1. The Balaban J connectivity index is 1.95. The largest absolute Gasteiger partial charge is 0.366 e. The smallest absolute Gasteiger partial charge is 0.186 e. The van der Waals surface area contributed by atoms with E-state index in [0.717, 1.165) is 6.54 Å². The van der Waals surface area contributed by atoms with E-state index in [1.807, 2.05) is 36.0 Å². The molecule has 0 bridgehead atoms. The summed E-state index contributed by atoms with van der Waals surface area (Å²) in [4.78, 5) is 7.78. The molecular formula is C12H15FN4. The highest BCUT2D eigenvalue weighted by atomic mass is 19.1. The van der Waals surface area contributed by atoms with E-state index in [-0.39, 0.29) is 11.6 Å². The number of halogens is 1. The summed E-state index contributed by atoms with van der Waals surface area (Å²) >= 11 is 0. The number of hydrogen-bond acceptors (Lipinski definition) is 3. The van der Waals surface area contributed by atoms with Crippen LogP contribution in [0.2, 0.25) is 0 Å². The minimum absolute atomic E-state index is 0.281. The molecule has 0 saturated heterocycles. The monoisotopic (exact) mass is 234 g/mol. The Hall–Kier alpha value is -1.91. The second-order valence-electron chi connectivity index (χ2n) is 3.68. The van der Waals surface area contributed by atoms with Crippen molar-refractivity contribution in [2.45, 2.75) is 19.9 Å². The zero-order valence-corrected chi connectivity index (χ0v) is 9.73. The van der Waals surface area contributed by atoms with Gasteiger partial charge in [0.1, 0.15) is 6.33 Å². The molecule has 5 heteroatoms. The van der Waals surface area contributed by atoms with Crippen molar-refractivity contribution in [1.82, 2.24) is 14.5 Å². The van der Waals surface area contributed by atoms with Gasteiger partial charge in [0.2, 0.25) is 0 Å². The second-order valence-corrected chi connectivity index (χ2v) is 3.68. The molecule has 2 rings (SSSR count). The van der Waals surface area contributed by atoms with Gasteiger partial charge in [-0.2, -0.15) is 0 Å². The lowest BCUT2D eigenvalue weighted by atomic mass is 10.3. The summed E-state index contributed by atoms with van der Waals surface area (Å²) in [6, 6.07) is 3.92. The number of aryl methyl sites for hydroxylation is 1. The Morgan fingerprint density at radius 3 is 2.76 bits per heavy atom. The van der Waals surface area contributed by atoms with E-state index in [4.69, 9.17) is 0 Å². The van der Waals surface area contributed by atoms with Crippen LogP contribution in [0.25, 0.3) is 0 Å². The summed E-state index contributed by atoms with van der Waals surface area (Å²) in [5.41, 5.74) is 0.448. The lowest BCUT2D eigenvalue weighted by molar-refractivity contribution is 0.595. The fourth-order valence-electron chi connectivity index (χ4n) is 1.60. The Kier molecular flexibility index (Phi) is 3.69. The number of anilines is 1. The predicted molar refractivity (Wildman–Crippen MR) is 64.3 cm³/mol. The molecule has 2 aromatic rings. The van der Waals surface area contributed by atoms with Crippen molar-refractivity contribution < 1.29 is 4.39 Å². The predicted octanol–water partition coefficient (Wildman–Crippen LogP) is 2.09. The molecule has 17 heavy (non-hydrogen) atoms. The summed E-state index contributed by atoms with van der Waals surface area (Å²) in [6.07, 6.45) is 5.89. The van der Waals surface area contributed by atoms with Crippen molar-refractivity contribution in [2.75, 3.05) is 11.9 Å². The molecule has 4 nitrogen and oxygen atoms in total. The molecular weight excluding hydrogens is 219 g/mol. The zero-order valence-electron chi connectivity index (χ0n) is 9.73.